The second-order valence-electron chi connectivity index (χ2n) is 11.3. The number of amides is 1. The largest absolute Gasteiger partial charge is 0.395 e. The first-order valence-electron chi connectivity index (χ1n) is 13.4. The van der Waals surface area contributed by atoms with Crippen LogP contribution in [0.2, 0.25) is 0 Å². The molecule has 2 aliphatic carbocycles. The minimum atomic E-state index is -1.80. The minimum Gasteiger partial charge on any atom is -0.395 e. The smallest absolute Gasteiger partial charge is 0.253 e. The lowest BCUT2D eigenvalue weighted by Gasteiger charge is -2.51. The van der Waals surface area contributed by atoms with E-state index in [1.165, 1.54) is 0 Å². The third-order valence-electron chi connectivity index (χ3n) is 8.44. The maximum Gasteiger partial charge on any atom is 0.253 e. The molecule has 3 unspecified atom stereocenters. The molecule has 0 spiro atoms. The molecule has 0 aromatic carbocycles. The van der Waals surface area contributed by atoms with Gasteiger partial charge in [-0.1, -0.05) is 0 Å². The fourth-order valence-electron chi connectivity index (χ4n) is 5.76. The summed E-state index contributed by atoms with van der Waals surface area (Å²) in [5, 5.41) is 88.7. The molecular weight excluding hydrogens is 538 g/mol. The van der Waals surface area contributed by atoms with Crippen LogP contribution in [0, 0.1) is 5.92 Å². The van der Waals surface area contributed by atoms with Crippen molar-refractivity contribution < 1.29 is 59.9 Å². The van der Waals surface area contributed by atoms with E-state index < -0.39 is 103 Å². The van der Waals surface area contributed by atoms with Gasteiger partial charge in [0.05, 0.1) is 49.7 Å². The Morgan fingerprint density at radius 1 is 1.00 bits per heavy atom. The van der Waals surface area contributed by atoms with E-state index in [-0.39, 0.29) is 39.1 Å². The summed E-state index contributed by atoms with van der Waals surface area (Å²) in [7, 11) is 0. The van der Waals surface area contributed by atoms with Gasteiger partial charge in [0.2, 0.25) is 0 Å². The van der Waals surface area contributed by atoms with Gasteiger partial charge in [0, 0.05) is 37.5 Å². The molecular formula is C23H43N5O12. The first-order valence-corrected chi connectivity index (χ1v) is 13.4. The Bertz CT molecular complexity index is 878. The van der Waals surface area contributed by atoms with Crippen molar-refractivity contribution in [3.8, 4) is 0 Å². The molecule has 2 saturated heterocycles. The quantitative estimate of drug-likeness (QED) is 0.112. The SMILES string of the molecule is NC1CC1(O)C(=O)N[C@@H]1C[C@H](N)C([C@H]2O[C@H](CNCCO)[C@@H](O)[C@H](O)[C@H]2O)[C@H](O)[C@H]1O[C@H]1OC[C@@H](O)[C@H](N)[C@H]1O. The highest BCUT2D eigenvalue weighted by Gasteiger charge is 2.60. The number of carbonyl (C=O) groups is 1. The summed E-state index contributed by atoms with van der Waals surface area (Å²) in [4.78, 5) is 12.8. The van der Waals surface area contributed by atoms with Crippen LogP contribution < -0.4 is 27.8 Å². The number of hydrogen-bond acceptors (Lipinski definition) is 16. The zero-order chi connectivity index (χ0) is 29.5. The first kappa shape index (κ1) is 31.8. The maximum absolute atomic E-state index is 12.8. The zero-order valence-corrected chi connectivity index (χ0v) is 21.8. The van der Waals surface area contributed by atoms with Gasteiger partial charge in [-0.15, -0.1) is 0 Å². The summed E-state index contributed by atoms with van der Waals surface area (Å²) in [5.41, 5.74) is 16.1. The van der Waals surface area contributed by atoms with E-state index in [4.69, 9.17) is 36.5 Å². The fraction of sp³-hybridized carbons (Fsp3) is 0.957. The van der Waals surface area contributed by atoms with Gasteiger partial charge in [0.15, 0.2) is 11.9 Å². The van der Waals surface area contributed by atoms with Gasteiger partial charge < -0.3 is 82.9 Å². The Balaban J connectivity index is 1.57. The van der Waals surface area contributed by atoms with Crippen molar-refractivity contribution in [2.24, 2.45) is 23.1 Å². The van der Waals surface area contributed by atoms with Gasteiger partial charge in [-0.25, -0.2) is 0 Å². The number of rotatable bonds is 9. The van der Waals surface area contributed by atoms with Gasteiger partial charge in [0.1, 0.15) is 30.5 Å². The average molecular weight is 582 g/mol. The molecule has 17 heteroatoms. The van der Waals surface area contributed by atoms with E-state index in [2.05, 4.69) is 10.6 Å². The number of carbonyl (C=O) groups excluding carboxylic acids is 1. The van der Waals surface area contributed by atoms with Crippen LogP contribution in [0.15, 0.2) is 0 Å². The van der Waals surface area contributed by atoms with E-state index in [1.54, 1.807) is 0 Å². The molecule has 4 fully saturated rings. The molecule has 16 N–H and O–H groups in total. The summed E-state index contributed by atoms with van der Waals surface area (Å²) >= 11 is 0. The Morgan fingerprint density at radius 3 is 2.30 bits per heavy atom. The van der Waals surface area contributed by atoms with E-state index in [9.17, 15) is 40.5 Å². The van der Waals surface area contributed by atoms with Gasteiger partial charge in [0.25, 0.3) is 5.91 Å². The highest BCUT2D eigenvalue weighted by Crippen LogP contribution is 2.38. The molecule has 232 valence electrons. The maximum atomic E-state index is 12.8. The molecule has 4 rings (SSSR count). The van der Waals surface area contributed by atoms with Crippen molar-refractivity contribution >= 4 is 5.91 Å². The van der Waals surface area contributed by atoms with E-state index in [1.807, 2.05) is 0 Å². The number of aliphatic hydroxyl groups excluding tert-OH is 7. The number of hydrogen-bond donors (Lipinski definition) is 13. The van der Waals surface area contributed by atoms with E-state index >= 15 is 0 Å². The van der Waals surface area contributed by atoms with Gasteiger partial charge in [-0.3, -0.25) is 4.79 Å². The normalized spacial score (nSPS) is 51.3. The standard InChI is InChI=1S/C23H43N5O12/c24-7-3-8(28-22(36)23(37)4-11(23)25)19(40-21-16(33)13(26)9(30)6-38-21)15(32)12(7)20-18(35)17(34)14(31)10(39-20)5-27-1-2-29/h7-21,27,29-35,37H,1-6,24-26H2,(H,28,36)/t7-,8+,9+,10+,11?,12?,13-,14+,15-,16+,17-,18+,19-,20+,21+,23?/m0/s1. The summed E-state index contributed by atoms with van der Waals surface area (Å²) < 4.78 is 17.2. The third-order valence-corrected chi connectivity index (χ3v) is 8.44. The Hall–Kier alpha value is -1.13. The van der Waals surface area contributed by atoms with Crippen LogP contribution in [-0.4, -0.2) is 164 Å². The molecule has 0 bridgehead atoms. The summed E-state index contributed by atoms with van der Waals surface area (Å²) in [6.07, 6.45) is -14.3. The number of nitrogens with two attached hydrogens (primary N) is 3. The minimum absolute atomic E-state index is 0.000168. The number of aliphatic hydroxyl groups is 8. The monoisotopic (exact) mass is 581 g/mol. The number of nitrogens with one attached hydrogen (secondary N) is 2. The predicted molar refractivity (Wildman–Crippen MR) is 133 cm³/mol. The fourth-order valence-corrected chi connectivity index (χ4v) is 5.76. The Morgan fingerprint density at radius 2 is 1.68 bits per heavy atom. The van der Waals surface area contributed by atoms with Crippen molar-refractivity contribution in [2.75, 3.05) is 26.3 Å². The molecule has 16 atom stereocenters. The molecule has 17 nitrogen and oxygen atoms in total. The molecule has 2 heterocycles. The lowest BCUT2D eigenvalue weighted by molar-refractivity contribution is -0.290. The summed E-state index contributed by atoms with van der Waals surface area (Å²) in [5.74, 6) is -1.93. The van der Waals surface area contributed by atoms with Crippen LogP contribution in [-0.2, 0) is 19.0 Å². The van der Waals surface area contributed by atoms with Crippen molar-refractivity contribution in [3.63, 3.8) is 0 Å². The van der Waals surface area contributed by atoms with Crippen LogP contribution in [0.1, 0.15) is 12.8 Å². The molecule has 40 heavy (non-hydrogen) atoms. The summed E-state index contributed by atoms with van der Waals surface area (Å²) in [6.45, 7) is -0.294. The lowest BCUT2D eigenvalue weighted by Crippen LogP contribution is -2.70. The first-order chi connectivity index (χ1) is 18.8. The third kappa shape index (κ3) is 6.14. The molecule has 0 aromatic rings. The Labute approximate surface area is 230 Å². The van der Waals surface area contributed by atoms with E-state index in [0.717, 1.165) is 0 Å². The second kappa shape index (κ2) is 12.6. The molecule has 4 aliphatic rings. The van der Waals surface area contributed by atoms with Crippen LogP contribution >= 0.6 is 0 Å². The van der Waals surface area contributed by atoms with Crippen molar-refractivity contribution in [1.82, 2.24) is 10.6 Å². The van der Waals surface area contributed by atoms with Crippen LogP contribution in [0.3, 0.4) is 0 Å². The molecule has 2 aliphatic heterocycles. The molecule has 1 amide bonds. The van der Waals surface area contributed by atoms with Gasteiger partial charge in [-0.2, -0.15) is 0 Å². The highest BCUT2D eigenvalue weighted by atomic mass is 16.7. The van der Waals surface area contributed by atoms with Gasteiger partial charge >= 0.3 is 0 Å². The summed E-state index contributed by atoms with van der Waals surface area (Å²) in [6, 6.07) is -3.91. The molecule has 0 radical (unpaired) electrons. The topological polar surface area (TPSA) is 309 Å². The van der Waals surface area contributed by atoms with Crippen LogP contribution in [0.5, 0.6) is 0 Å². The lowest BCUT2D eigenvalue weighted by atomic mass is 9.72. The predicted octanol–water partition coefficient (Wildman–Crippen LogP) is -8.14. The van der Waals surface area contributed by atoms with Crippen molar-refractivity contribution in [1.29, 1.82) is 0 Å². The van der Waals surface area contributed by atoms with Crippen molar-refractivity contribution in [2.45, 2.75) is 104 Å². The second-order valence-corrected chi connectivity index (χ2v) is 11.3. The van der Waals surface area contributed by atoms with E-state index in [0.29, 0.717) is 0 Å². The number of ether oxygens (including phenoxy) is 3. The van der Waals surface area contributed by atoms with Crippen LogP contribution in [0.25, 0.3) is 0 Å². The van der Waals surface area contributed by atoms with Crippen molar-refractivity contribution in [3.05, 3.63) is 0 Å². The zero-order valence-electron chi connectivity index (χ0n) is 21.8. The van der Waals surface area contributed by atoms with Crippen LogP contribution in [0.4, 0.5) is 0 Å². The highest BCUT2D eigenvalue weighted by molar-refractivity contribution is 5.89. The van der Waals surface area contributed by atoms with Gasteiger partial charge in [-0.05, 0) is 6.42 Å². The Kier molecular flexibility index (Phi) is 10.0. The molecule has 0 aromatic heterocycles. The average Bonchev–Trinajstić information content (AvgIpc) is 3.54. The molecule has 2 saturated carbocycles.